The Morgan fingerprint density at radius 2 is 0.540 bits per heavy atom. The summed E-state index contributed by atoms with van der Waals surface area (Å²) in [6, 6.07) is 66.1. The van der Waals surface area contributed by atoms with Gasteiger partial charge in [-0.15, -0.1) is 0 Å². The Bertz CT molecular complexity index is 1740. The predicted octanol–water partition coefficient (Wildman–Crippen LogP) is 11.1. The van der Waals surface area contributed by atoms with E-state index in [0.29, 0.717) is 0 Å². The summed E-state index contributed by atoms with van der Waals surface area (Å²) in [5, 5.41) is 1.87. The van der Waals surface area contributed by atoms with Gasteiger partial charge in [-0.05, 0) is 0 Å². The second kappa shape index (κ2) is 15.3. The average molecular weight is 819 g/mol. The Kier molecular flexibility index (Phi) is 11.1. The molecule has 0 saturated carbocycles. The fourth-order valence-corrected chi connectivity index (χ4v) is 23.7. The van der Waals surface area contributed by atoms with E-state index in [4.69, 9.17) is 0 Å². The van der Waals surface area contributed by atoms with Crippen LogP contribution in [0.5, 0.6) is 0 Å². The normalized spacial score (nSPS) is 14.4. The van der Waals surface area contributed by atoms with Gasteiger partial charge in [0.25, 0.3) is 0 Å². The molecule has 0 radical (unpaired) electrons. The number of benzene rings is 6. The molecule has 0 nitrogen and oxygen atoms in total. The van der Waals surface area contributed by atoms with E-state index in [2.05, 4.69) is 251 Å². The third kappa shape index (κ3) is 6.73. The van der Waals surface area contributed by atoms with Gasteiger partial charge in [-0.3, -0.25) is 0 Å². The summed E-state index contributed by atoms with van der Waals surface area (Å²) < 4.78 is 0. The van der Waals surface area contributed by atoms with Crippen molar-refractivity contribution in [1.82, 2.24) is 0 Å². The molecular formula is C46H44Br2P2. The van der Waals surface area contributed by atoms with Crippen molar-refractivity contribution in [3.8, 4) is 0 Å². The first-order valence-corrected chi connectivity index (χ1v) is 25.9. The van der Waals surface area contributed by atoms with E-state index in [1.807, 2.05) is 0 Å². The molecule has 6 rings (SSSR count). The van der Waals surface area contributed by atoms with Crippen LogP contribution in [0.25, 0.3) is 0 Å². The molecule has 6 aromatic rings. The quantitative estimate of drug-likeness (QED) is 0.0852. The van der Waals surface area contributed by atoms with Crippen molar-refractivity contribution in [1.29, 1.82) is 0 Å². The zero-order valence-electron chi connectivity index (χ0n) is 28.7. The van der Waals surface area contributed by atoms with E-state index in [1.54, 1.807) is 0 Å². The first kappa shape index (κ1) is 36.2. The van der Waals surface area contributed by atoms with Gasteiger partial charge >= 0.3 is 317 Å². The third-order valence-corrected chi connectivity index (χ3v) is 29.0. The summed E-state index contributed by atoms with van der Waals surface area (Å²) in [7, 11) is 0. The van der Waals surface area contributed by atoms with Crippen molar-refractivity contribution >= 4 is 73.4 Å². The Morgan fingerprint density at radius 1 is 0.360 bits per heavy atom. The average Bonchev–Trinajstić information content (AvgIpc) is 3.18. The summed E-state index contributed by atoms with van der Waals surface area (Å²) in [6.07, 6.45) is 10.8. The summed E-state index contributed by atoms with van der Waals surface area (Å²) in [5.41, 5.74) is 2.63. The van der Waals surface area contributed by atoms with Crippen LogP contribution < -0.4 is 31.8 Å². The molecule has 252 valence electrons. The molecule has 0 unspecified atom stereocenters. The minimum atomic E-state index is -3.05. The monoisotopic (exact) mass is 816 g/mol. The number of halogens is 2. The van der Waals surface area contributed by atoms with Crippen LogP contribution in [0.2, 0.25) is 0 Å². The number of rotatable bonds is 12. The van der Waals surface area contributed by atoms with Gasteiger partial charge in [-0.25, -0.2) is 0 Å². The Balaban J connectivity index is 1.39. The molecule has 4 heteroatoms. The Labute approximate surface area is 315 Å². The fraction of sp³-hybridized carbons (Fsp3) is 0.0870. The molecular weight excluding hydrogens is 774 g/mol. The second-order valence-corrected chi connectivity index (χ2v) is 31.0. The molecule has 0 aromatic heterocycles. The van der Waals surface area contributed by atoms with Crippen molar-refractivity contribution in [3.63, 3.8) is 0 Å². The van der Waals surface area contributed by atoms with Gasteiger partial charge in [-0.2, -0.15) is 0 Å². The molecule has 0 fully saturated rings. The molecule has 0 saturated heterocycles. The van der Waals surface area contributed by atoms with Crippen LogP contribution in [0, 0.1) is 0 Å². The zero-order valence-corrected chi connectivity index (χ0v) is 33.7. The molecule has 0 N–H and O–H groups in total. The van der Waals surface area contributed by atoms with E-state index < -0.39 is 10.6 Å². The van der Waals surface area contributed by atoms with Crippen molar-refractivity contribution in [2.75, 3.05) is 12.3 Å². The number of allylic oxidation sites excluding steroid dienone is 6. The molecule has 0 spiro atoms. The molecule has 50 heavy (non-hydrogen) atoms. The molecule has 0 amide bonds. The first-order chi connectivity index (χ1) is 24.3. The van der Waals surface area contributed by atoms with E-state index in [9.17, 15) is 0 Å². The van der Waals surface area contributed by atoms with Crippen LogP contribution >= 0.6 is 41.6 Å². The number of hydrogen-bond donors (Lipinski definition) is 0. The molecule has 0 aliphatic heterocycles. The molecule has 0 aliphatic rings. The van der Waals surface area contributed by atoms with Gasteiger partial charge < -0.3 is 0 Å². The molecule has 0 atom stereocenters. The maximum atomic E-state index is 4.61. The van der Waals surface area contributed by atoms with Crippen molar-refractivity contribution in [2.45, 2.75) is 13.8 Å². The van der Waals surface area contributed by atoms with E-state index in [1.165, 1.54) is 43.0 Å². The number of hydrogen-bond acceptors (Lipinski definition) is 0. The molecule has 0 aliphatic carbocycles. The molecule has 6 aromatic carbocycles. The Morgan fingerprint density at radius 3 is 0.720 bits per heavy atom. The Hall–Kier alpha value is -3.64. The van der Waals surface area contributed by atoms with Crippen molar-refractivity contribution in [3.05, 3.63) is 217 Å². The van der Waals surface area contributed by atoms with Crippen LogP contribution in [0.3, 0.4) is 0 Å². The maximum absolute atomic E-state index is 4.61. The predicted molar refractivity (Wildman–Crippen MR) is 235 cm³/mol. The van der Waals surface area contributed by atoms with Crippen LogP contribution in [0.1, 0.15) is 13.8 Å². The minimum absolute atomic E-state index is 0.880. The fourth-order valence-electron chi connectivity index (χ4n) is 7.36. The van der Waals surface area contributed by atoms with Crippen LogP contribution in [-0.2, 0) is 0 Å². The van der Waals surface area contributed by atoms with Crippen molar-refractivity contribution in [2.24, 2.45) is 0 Å². The summed E-state index contributed by atoms with van der Waals surface area (Å²) in [5.74, 6) is 0. The summed E-state index contributed by atoms with van der Waals surface area (Å²) in [4.78, 5) is 0. The van der Waals surface area contributed by atoms with Gasteiger partial charge in [0.15, 0.2) is 0 Å². The van der Waals surface area contributed by atoms with Gasteiger partial charge in [0, 0.05) is 0 Å². The standard InChI is InChI=1S/C46H44Br2P2/c1-39(37-49(47,41-25-9-3-10-26-41,42-27-11-4-12-28-42)43-29-13-5-14-30-43)23-21-22-24-40(2)38-50(48,44-31-15-6-16-32-44,45-33-17-7-18-34-45)46-35-19-8-20-36-46/h3-36H,37-38H2,1-2H3/b22-21+,39-23+,40-24+. The second-order valence-electron chi connectivity index (χ2n) is 13.1. The van der Waals surface area contributed by atoms with Gasteiger partial charge in [0.1, 0.15) is 0 Å². The topological polar surface area (TPSA) is 0 Å². The van der Waals surface area contributed by atoms with E-state index >= 15 is 0 Å². The van der Waals surface area contributed by atoms with E-state index in [-0.39, 0.29) is 0 Å². The third-order valence-electron chi connectivity index (χ3n) is 9.73. The van der Waals surface area contributed by atoms with Crippen molar-refractivity contribution < 1.29 is 0 Å². The van der Waals surface area contributed by atoms with Gasteiger partial charge in [0.05, 0.1) is 0 Å². The first-order valence-electron chi connectivity index (χ1n) is 17.1. The van der Waals surface area contributed by atoms with Crippen LogP contribution in [0.4, 0.5) is 0 Å². The summed E-state index contributed by atoms with van der Waals surface area (Å²) >= 11 is 9.22. The van der Waals surface area contributed by atoms with Crippen LogP contribution in [0.15, 0.2) is 217 Å². The molecule has 0 bridgehead atoms. The summed E-state index contributed by atoms with van der Waals surface area (Å²) in [6.45, 7) is 4.53. The molecule has 0 heterocycles. The van der Waals surface area contributed by atoms with Crippen LogP contribution in [-0.4, -0.2) is 12.3 Å². The zero-order chi connectivity index (χ0) is 35.0. The van der Waals surface area contributed by atoms with Gasteiger partial charge in [0.2, 0.25) is 0 Å². The van der Waals surface area contributed by atoms with Gasteiger partial charge in [-0.1, -0.05) is 0 Å². The van der Waals surface area contributed by atoms with E-state index in [0.717, 1.165) is 12.3 Å². The SMILES string of the molecule is C\C(=C/C=C/C=C(\C)CP(Br)(c1ccccc1)(c1ccccc1)c1ccccc1)CP(Br)(c1ccccc1)(c1ccccc1)c1ccccc1.